The zero-order valence-corrected chi connectivity index (χ0v) is 18.8. The van der Waals surface area contributed by atoms with E-state index in [-0.39, 0.29) is 17.6 Å². The second kappa shape index (κ2) is 10.0. The first-order chi connectivity index (χ1) is 15.0. The number of methoxy groups -OCH3 is 1. The number of hydrogen-bond acceptors (Lipinski definition) is 7. The van der Waals surface area contributed by atoms with Gasteiger partial charge in [-0.25, -0.2) is 0 Å². The van der Waals surface area contributed by atoms with Crippen LogP contribution in [-0.4, -0.2) is 35.2 Å². The van der Waals surface area contributed by atoms with Crippen LogP contribution in [0.15, 0.2) is 42.5 Å². The van der Waals surface area contributed by atoms with Crippen LogP contribution < -0.4 is 21.1 Å². The molecule has 2 aromatic carbocycles. The van der Waals surface area contributed by atoms with Crippen LogP contribution in [0.1, 0.15) is 39.2 Å². The summed E-state index contributed by atoms with van der Waals surface area (Å²) in [5, 5.41) is 18.9. The molecular formula is C23H30N4O5. The average Bonchev–Trinajstić information content (AvgIpc) is 2.70. The van der Waals surface area contributed by atoms with Gasteiger partial charge in [-0.1, -0.05) is 6.08 Å². The van der Waals surface area contributed by atoms with Crippen LogP contribution in [0.4, 0.5) is 22.7 Å². The molecule has 9 nitrogen and oxygen atoms in total. The fourth-order valence-corrected chi connectivity index (χ4v) is 3.69. The van der Waals surface area contributed by atoms with Crippen LogP contribution in [0.3, 0.4) is 0 Å². The number of nitrogen functional groups attached to an aromatic ring is 2. The van der Waals surface area contributed by atoms with Gasteiger partial charge in [0, 0.05) is 48.1 Å². The van der Waals surface area contributed by atoms with Crippen molar-refractivity contribution in [3.05, 3.63) is 58.2 Å². The zero-order valence-electron chi connectivity index (χ0n) is 18.8. The molecule has 0 spiro atoms. The van der Waals surface area contributed by atoms with Gasteiger partial charge in [0.15, 0.2) is 0 Å². The molecule has 32 heavy (non-hydrogen) atoms. The maximum absolute atomic E-state index is 10.8. The molecule has 5 N–H and O–H groups in total. The maximum Gasteiger partial charge on any atom is 0.303 e. The molecule has 9 heteroatoms. The Labute approximate surface area is 187 Å². The minimum absolute atomic E-state index is 0.0641. The number of nitro benzene ring substituents is 1. The highest BCUT2D eigenvalue weighted by Crippen LogP contribution is 2.43. The molecule has 0 fully saturated rings. The molecule has 0 aromatic heterocycles. The molecule has 0 saturated carbocycles. The van der Waals surface area contributed by atoms with Crippen molar-refractivity contribution < 1.29 is 19.6 Å². The topological polar surface area (TPSA) is 145 Å². The number of non-ortho nitro benzene ring substituents is 1. The summed E-state index contributed by atoms with van der Waals surface area (Å²) >= 11 is 0. The first kappa shape index (κ1) is 24.5. The van der Waals surface area contributed by atoms with Crippen molar-refractivity contribution in [2.45, 2.75) is 39.2 Å². The minimum atomic E-state index is -0.767. The number of rotatable bonds is 6. The summed E-state index contributed by atoms with van der Waals surface area (Å²) in [5.74, 6) is -0.121. The van der Waals surface area contributed by atoms with Gasteiger partial charge in [-0.15, -0.1) is 0 Å². The van der Waals surface area contributed by atoms with Crippen molar-refractivity contribution in [1.29, 1.82) is 0 Å². The number of benzene rings is 2. The lowest BCUT2D eigenvalue weighted by molar-refractivity contribution is -0.384. The van der Waals surface area contributed by atoms with E-state index >= 15 is 0 Å². The van der Waals surface area contributed by atoms with Gasteiger partial charge in [-0.2, -0.15) is 0 Å². The van der Waals surface area contributed by atoms with Crippen LogP contribution in [0.5, 0.6) is 5.75 Å². The maximum atomic E-state index is 10.8. The lowest BCUT2D eigenvalue weighted by Crippen LogP contribution is -2.45. The highest BCUT2D eigenvalue weighted by Gasteiger charge is 2.31. The number of nitro groups is 1. The number of carboxylic acids is 1. The average molecular weight is 443 g/mol. The first-order valence-corrected chi connectivity index (χ1v) is 10.1. The van der Waals surface area contributed by atoms with E-state index in [4.69, 9.17) is 21.3 Å². The van der Waals surface area contributed by atoms with Gasteiger partial charge < -0.3 is 26.2 Å². The van der Waals surface area contributed by atoms with Crippen molar-refractivity contribution >= 4 is 34.3 Å². The number of carboxylic acid groups (broad SMARTS) is 1. The normalized spacial score (nSPS) is 13.9. The molecule has 1 aliphatic rings. The Bertz CT molecular complexity index is 1020. The first-order valence-electron chi connectivity index (χ1n) is 10.1. The van der Waals surface area contributed by atoms with E-state index in [9.17, 15) is 14.9 Å². The predicted octanol–water partition coefficient (Wildman–Crippen LogP) is 4.32. The molecule has 0 saturated heterocycles. The van der Waals surface area contributed by atoms with E-state index in [2.05, 4.69) is 31.7 Å². The molecule has 0 bridgehead atoms. The van der Waals surface area contributed by atoms with Crippen molar-refractivity contribution in [3.63, 3.8) is 0 Å². The number of anilines is 3. The second-order valence-corrected chi connectivity index (χ2v) is 8.09. The molecule has 172 valence electrons. The van der Waals surface area contributed by atoms with Crippen LogP contribution in [0.2, 0.25) is 0 Å². The SMILES string of the molecule is COc1cc2c(cc1N)C(C)=CC(C)(C)N2CCCC(=O)O.Nc1ccc([N+](=O)[O-])cc1. The highest BCUT2D eigenvalue weighted by molar-refractivity contribution is 5.85. The number of carbonyl (C=O) groups is 1. The monoisotopic (exact) mass is 442 g/mol. The Morgan fingerprint density at radius 2 is 1.84 bits per heavy atom. The Kier molecular flexibility index (Phi) is 7.69. The Balaban J connectivity index is 0.000000303. The predicted molar refractivity (Wildman–Crippen MR) is 127 cm³/mol. The quantitative estimate of drug-likeness (QED) is 0.341. The molecule has 0 aliphatic carbocycles. The summed E-state index contributed by atoms with van der Waals surface area (Å²) in [5.41, 5.74) is 15.6. The molecule has 0 radical (unpaired) electrons. The summed E-state index contributed by atoms with van der Waals surface area (Å²) in [7, 11) is 1.60. The van der Waals surface area contributed by atoms with Crippen LogP contribution in [0, 0.1) is 10.1 Å². The Morgan fingerprint density at radius 1 is 1.22 bits per heavy atom. The third-order valence-electron chi connectivity index (χ3n) is 5.21. The lowest BCUT2D eigenvalue weighted by Gasteiger charge is -2.43. The summed E-state index contributed by atoms with van der Waals surface area (Å²) in [4.78, 5) is 22.6. The minimum Gasteiger partial charge on any atom is -0.495 e. The highest BCUT2D eigenvalue weighted by atomic mass is 16.6. The summed E-state index contributed by atoms with van der Waals surface area (Å²) in [6.07, 6.45) is 2.95. The third-order valence-corrected chi connectivity index (χ3v) is 5.21. The Hall–Kier alpha value is -3.75. The van der Waals surface area contributed by atoms with E-state index in [1.54, 1.807) is 7.11 Å². The standard InChI is InChI=1S/C17H24N2O3.C6H6N2O2/c1-11-10-17(2,3)19(7-5-6-16(20)21)14-9-15(22-4)13(18)8-12(11)14;7-5-1-3-6(4-2-5)8(9)10/h8-10H,5-7,18H2,1-4H3,(H,20,21);1-4H,7H2. The van der Waals surface area contributed by atoms with Crippen molar-refractivity contribution in [1.82, 2.24) is 0 Å². The number of ether oxygens (including phenoxy) is 1. The van der Waals surface area contributed by atoms with E-state index in [0.29, 0.717) is 30.1 Å². The largest absolute Gasteiger partial charge is 0.495 e. The lowest BCUT2D eigenvalue weighted by atomic mass is 9.88. The van der Waals surface area contributed by atoms with Crippen molar-refractivity contribution in [2.75, 3.05) is 30.0 Å². The number of nitrogens with zero attached hydrogens (tertiary/aromatic N) is 2. The number of fused-ring (bicyclic) bond motifs is 1. The fourth-order valence-electron chi connectivity index (χ4n) is 3.69. The van der Waals surface area contributed by atoms with E-state index in [0.717, 1.165) is 11.3 Å². The number of allylic oxidation sites excluding steroid dienone is 1. The van der Waals surface area contributed by atoms with Gasteiger partial charge in [-0.3, -0.25) is 14.9 Å². The van der Waals surface area contributed by atoms with Crippen molar-refractivity contribution in [3.8, 4) is 5.75 Å². The Morgan fingerprint density at radius 3 is 2.38 bits per heavy atom. The number of nitrogens with two attached hydrogens (primary N) is 2. The summed E-state index contributed by atoms with van der Waals surface area (Å²) < 4.78 is 5.34. The summed E-state index contributed by atoms with van der Waals surface area (Å²) in [6.45, 7) is 7.00. The molecule has 0 amide bonds. The molecule has 3 rings (SSSR count). The number of aliphatic carboxylic acids is 1. The third kappa shape index (κ3) is 5.90. The molecular weight excluding hydrogens is 412 g/mol. The molecule has 0 atom stereocenters. The van der Waals surface area contributed by atoms with Gasteiger partial charge in [0.05, 0.1) is 23.3 Å². The van der Waals surface area contributed by atoms with Crippen LogP contribution in [-0.2, 0) is 4.79 Å². The van der Waals surface area contributed by atoms with Crippen LogP contribution >= 0.6 is 0 Å². The van der Waals surface area contributed by atoms with Gasteiger partial charge >= 0.3 is 5.97 Å². The van der Waals surface area contributed by atoms with Crippen molar-refractivity contribution in [2.24, 2.45) is 0 Å². The van der Waals surface area contributed by atoms with E-state index < -0.39 is 10.9 Å². The van der Waals surface area contributed by atoms with Gasteiger partial charge in [0.1, 0.15) is 5.75 Å². The van der Waals surface area contributed by atoms with E-state index in [1.807, 2.05) is 12.1 Å². The number of hydrogen-bond donors (Lipinski definition) is 3. The second-order valence-electron chi connectivity index (χ2n) is 8.09. The fraction of sp³-hybridized carbons (Fsp3) is 0.348. The van der Waals surface area contributed by atoms with Gasteiger partial charge in [0.2, 0.25) is 0 Å². The molecule has 0 unspecified atom stereocenters. The molecule has 1 aliphatic heterocycles. The summed E-state index contributed by atoms with van der Waals surface area (Å²) in [6, 6.07) is 9.62. The van der Waals surface area contributed by atoms with Gasteiger partial charge in [-0.05, 0) is 51.0 Å². The van der Waals surface area contributed by atoms with E-state index in [1.165, 1.54) is 29.8 Å². The molecule has 2 aromatic rings. The van der Waals surface area contributed by atoms with Gasteiger partial charge in [0.25, 0.3) is 5.69 Å². The zero-order chi connectivity index (χ0) is 24.1. The smallest absolute Gasteiger partial charge is 0.303 e. The molecule has 1 heterocycles. The van der Waals surface area contributed by atoms with Crippen LogP contribution in [0.25, 0.3) is 5.57 Å².